The molecule has 110 valence electrons. The van der Waals surface area contributed by atoms with Crippen molar-refractivity contribution in [2.75, 3.05) is 0 Å². The summed E-state index contributed by atoms with van der Waals surface area (Å²) in [6.45, 7) is 2.29. The molecule has 5 nitrogen and oxygen atoms in total. The molecule has 1 N–H and O–H groups in total. The van der Waals surface area contributed by atoms with Crippen LogP contribution in [-0.2, 0) is 6.54 Å². The molecular weight excluding hydrogens is 280 g/mol. The highest BCUT2D eigenvalue weighted by Crippen LogP contribution is 2.10. The molecule has 5 heteroatoms. The molecule has 0 amide bonds. The van der Waals surface area contributed by atoms with Crippen LogP contribution in [0.3, 0.4) is 0 Å². The number of hydrogen-bond donors (Lipinski definition) is 1. The Morgan fingerprint density at radius 1 is 1.18 bits per heavy atom. The molecule has 0 saturated carbocycles. The first-order valence-electron chi connectivity index (χ1n) is 6.82. The average molecular weight is 294 g/mol. The molecule has 0 atom stereocenters. The van der Waals surface area contributed by atoms with Crippen molar-refractivity contribution in [2.24, 2.45) is 0 Å². The minimum absolute atomic E-state index is 0.101. The van der Waals surface area contributed by atoms with Gasteiger partial charge in [-0.15, -0.1) is 0 Å². The van der Waals surface area contributed by atoms with Crippen molar-refractivity contribution < 1.29 is 9.90 Å². The lowest BCUT2D eigenvalue weighted by Gasteiger charge is -2.07. The van der Waals surface area contributed by atoms with Crippen molar-refractivity contribution in [3.8, 4) is 0 Å². The van der Waals surface area contributed by atoms with Gasteiger partial charge in [0.2, 0.25) is 0 Å². The minimum Gasteiger partial charge on any atom is -0.478 e. The summed E-state index contributed by atoms with van der Waals surface area (Å²) in [6, 6.07) is 12.0. The van der Waals surface area contributed by atoms with Crippen LogP contribution in [0.1, 0.15) is 21.5 Å². The van der Waals surface area contributed by atoms with Crippen LogP contribution >= 0.6 is 0 Å². The molecule has 3 aromatic rings. The molecule has 0 aliphatic carbocycles. The zero-order chi connectivity index (χ0) is 15.7. The van der Waals surface area contributed by atoms with E-state index in [0.717, 1.165) is 11.1 Å². The summed E-state index contributed by atoms with van der Waals surface area (Å²) in [5, 5.41) is 9.48. The van der Waals surface area contributed by atoms with Crippen LogP contribution in [0.4, 0.5) is 0 Å². The van der Waals surface area contributed by atoms with Crippen molar-refractivity contribution in [2.45, 2.75) is 13.5 Å². The van der Waals surface area contributed by atoms with E-state index in [1.807, 2.05) is 25.1 Å². The van der Waals surface area contributed by atoms with Gasteiger partial charge in [-0.05, 0) is 36.8 Å². The normalized spacial score (nSPS) is 10.8. The average Bonchev–Trinajstić information content (AvgIpc) is 2.51. The van der Waals surface area contributed by atoms with Crippen LogP contribution in [0.2, 0.25) is 0 Å². The molecule has 2 aromatic carbocycles. The molecule has 0 aliphatic rings. The Morgan fingerprint density at radius 2 is 1.91 bits per heavy atom. The third kappa shape index (κ3) is 2.61. The lowest BCUT2D eigenvalue weighted by atomic mass is 10.1. The molecule has 22 heavy (non-hydrogen) atoms. The van der Waals surface area contributed by atoms with E-state index in [9.17, 15) is 9.59 Å². The highest BCUT2D eigenvalue weighted by Gasteiger charge is 2.06. The van der Waals surface area contributed by atoms with E-state index in [2.05, 4.69) is 4.98 Å². The van der Waals surface area contributed by atoms with Crippen LogP contribution in [0.5, 0.6) is 0 Å². The first-order chi connectivity index (χ1) is 10.5. The summed E-state index contributed by atoms with van der Waals surface area (Å²) >= 11 is 0. The maximum Gasteiger partial charge on any atom is 0.335 e. The number of carboxylic acids is 1. The molecule has 0 saturated heterocycles. The molecule has 0 spiro atoms. The van der Waals surface area contributed by atoms with Gasteiger partial charge in [-0.25, -0.2) is 9.78 Å². The van der Waals surface area contributed by atoms with Gasteiger partial charge in [0.1, 0.15) is 0 Å². The largest absolute Gasteiger partial charge is 0.478 e. The molecule has 0 radical (unpaired) electrons. The summed E-state index contributed by atoms with van der Waals surface area (Å²) in [5.41, 5.74) is 2.66. The van der Waals surface area contributed by atoms with Gasteiger partial charge in [-0.1, -0.05) is 23.8 Å². The molecular formula is C17H14N2O3. The highest BCUT2D eigenvalue weighted by molar-refractivity contribution is 5.87. The van der Waals surface area contributed by atoms with E-state index in [1.54, 1.807) is 12.1 Å². The van der Waals surface area contributed by atoms with E-state index < -0.39 is 5.97 Å². The first kappa shape index (κ1) is 14.0. The fourth-order valence-electron chi connectivity index (χ4n) is 2.33. The Balaban J connectivity index is 1.98. The first-order valence-corrected chi connectivity index (χ1v) is 6.82. The number of fused-ring (bicyclic) bond motifs is 1. The van der Waals surface area contributed by atoms with E-state index in [-0.39, 0.29) is 11.1 Å². The van der Waals surface area contributed by atoms with Crippen LogP contribution in [0, 0.1) is 6.92 Å². The zero-order valence-electron chi connectivity index (χ0n) is 12.0. The minimum atomic E-state index is -0.966. The second-order valence-electron chi connectivity index (χ2n) is 5.20. The van der Waals surface area contributed by atoms with Gasteiger partial charge in [-0.3, -0.25) is 9.36 Å². The Hall–Kier alpha value is -2.95. The van der Waals surface area contributed by atoms with Gasteiger partial charge in [0.25, 0.3) is 5.56 Å². The summed E-state index contributed by atoms with van der Waals surface area (Å²) < 4.78 is 1.53. The fourth-order valence-corrected chi connectivity index (χ4v) is 2.33. The van der Waals surface area contributed by atoms with Crippen molar-refractivity contribution >= 4 is 16.9 Å². The maximum absolute atomic E-state index is 12.5. The summed E-state index contributed by atoms with van der Waals surface area (Å²) in [7, 11) is 0. The van der Waals surface area contributed by atoms with E-state index in [4.69, 9.17) is 5.11 Å². The molecule has 1 heterocycles. The van der Waals surface area contributed by atoms with Gasteiger partial charge in [0.15, 0.2) is 0 Å². The third-order valence-corrected chi connectivity index (χ3v) is 3.53. The number of benzene rings is 2. The monoisotopic (exact) mass is 294 g/mol. The fraction of sp³-hybridized carbons (Fsp3) is 0.118. The Kier molecular flexibility index (Phi) is 3.47. The number of carboxylic acid groups (broad SMARTS) is 1. The second-order valence-corrected chi connectivity index (χ2v) is 5.20. The third-order valence-electron chi connectivity index (χ3n) is 3.53. The van der Waals surface area contributed by atoms with E-state index >= 15 is 0 Å². The predicted molar refractivity (Wildman–Crippen MR) is 83.2 cm³/mol. The smallest absolute Gasteiger partial charge is 0.335 e. The van der Waals surface area contributed by atoms with E-state index in [0.29, 0.717) is 17.4 Å². The number of nitrogens with zero attached hydrogens (tertiary/aromatic N) is 2. The molecule has 0 fully saturated rings. The molecule has 3 rings (SSSR count). The predicted octanol–water partition coefficient (Wildman–Crippen LogP) is 2.45. The van der Waals surface area contributed by atoms with Crippen molar-refractivity contribution in [1.82, 2.24) is 9.55 Å². The molecule has 0 aliphatic heterocycles. The standard InChI is InChI=1S/C17H14N2O3/c1-11-2-7-15-14(8-11)16(20)19(10-18-15)9-12-3-5-13(6-4-12)17(21)22/h2-8,10H,9H2,1H3,(H,21,22). The maximum atomic E-state index is 12.5. The Morgan fingerprint density at radius 3 is 2.59 bits per heavy atom. The van der Waals surface area contributed by atoms with Crippen LogP contribution in [-0.4, -0.2) is 20.6 Å². The van der Waals surface area contributed by atoms with Crippen molar-refractivity contribution in [3.05, 3.63) is 75.8 Å². The molecule has 0 bridgehead atoms. The van der Waals surface area contributed by atoms with Crippen molar-refractivity contribution in [1.29, 1.82) is 0 Å². The highest BCUT2D eigenvalue weighted by atomic mass is 16.4. The SMILES string of the molecule is Cc1ccc2ncn(Cc3ccc(C(=O)O)cc3)c(=O)c2c1. The summed E-state index contributed by atoms with van der Waals surface area (Å²) in [5.74, 6) is -0.966. The Bertz CT molecular complexity index is 911. The lowest BCUT2D eigenvalue weighted by molar-refractivity contribution is 0.0697. The van der Waals surface area contributed by atoms with Gasteiger partial charge < -0.3 is 5.11 Å². The van der Waals surface area contributed by atoms with Gasteiger partial charge in [0.05, 0.1) is 29.3 Å². The lowest BCUT2D eigenvalue weighted by Crippen LogP contribution is -2.21. The topological polar surface area (TPSA) is 72.2 Å². The summed E-state index contributed by atoms with van der Waals surface area (Å²) in [6.07, 6.45) is 1.52. The van der Waals surface area contributed by atoms with Crippen LogP contribution in [0.25, 0.3) is 10.9 Å². The van der Waals surface area contributed by atoms with Crippen LogP contribution < -0.4 is 5.56 Å². The van der Waals surface area contributed by atoms with E-state index in [1.165, 1.54) is 23.0 Å². The number of rotatable bonds is 3. The number of carbonyl (C=O) groups is 1. The number of aryl methyl sites for hydroxylation is 1. The quantitative estimate of drug-likeness (QED) is 0.805. The number of aromatic carboxylic acids is 1. The van der Waals surface area contributed by atoms with Crippen molar-refractivity contribution in [3.63, 3.8) is 0 Å². The van der Waals surface area contributed by atoms with Crippen LogP contribution in [0.15, 0.2) is 53.6 Å². The number of hydrogen-bond acceptors (Lipinski definition) is 3. The number of aromatic nitrogens is 2. The zero-order valence-corrected chi connectivity index (χ0v) is 12.0. The Labute approximate surface area is 126 Å². The van der Waals surface area contributed by atoms with Gasteiger partial charge in [0, 0.05) is 0 Å². The second kappa shape index (κ2) is 5.44. The van der Waals surface area contributed by atoms with Gasteiger partial charge in [-0.2, -0.15) is 0 Å². The molecule has 0 unspecified atom stereocenters. The molecule has 1 aromatic heterocycles. The van der Waals surface area contributed by atoms with Gasteiger partial charge >= 0.3 is 5.97 Å². The summed E-state index contributed by atoms with van der Waals surface area (Å²) in [4.78, 5) is 27.6.